The first-order valence-corrected chi connectivity index (χ1v) is 9.63. The number of fused-ring (bicyclic) bond motifs is 1. The zero-order chi connectivity index (χ0) is 18.2. The van der Waals surface area contributed by atoms with Crippen molar-refractivity contribution in [2.45, 2.75) is 83.0 Å². The van der Waals surface area contributed by atoms with Gasteiger partial charge in [-0.25, -0.2) is 0 Å². The summed E-state index contributed by atoms with van der Waals surface area (Å²) in [6.45, 7) is 2.14. The van der Waals surface area contributed by atoms with Gasteiger partial charge in [-0.05, 0) is 25.3 Å². The number of carboxylic acid groups (broad SMARTS) is 1. The summed E-state index contributed by atoms with van der Waals surface area (Å²) in [7, 11) is 0. The number of carbonyl (C=O) groups is 1. The minimum absolute atomic E-state index is 0.0238. The molecule has 5 nitrogen and oxygen atoms in total. The van der Waals surface area contributed by atoms with Gasteiger partial charge in [-0.1, -0.05) is 38.3 Å². The minimum Gasteiger partial charge on any atom is -0.495 e. The molecule has 1 saturated carbocycles. The van der Waals surface area contributed by atoms with Gasteiger partial charge in [0.05, 0.1) is 18.0 Å². The molecule has 2 fully saturated rings. The van der Waals surface area contributed by atoms with Crippen LogP contribution < -0.4 is 0 Å². The topological polar surface area (TPSA) is 87.0 Å². The Morgan fingerprint density at radius 3 is 2.88 bits per heavy atom. The molecular weight excluding hydrogens is 320 g/mol. The lowest BCUT2D eigenvalue weighted by Crippen LogP contribution is -2.18. The molecule has 1 heterocycles. The van der Waals surface area contributed by atoms with Gasteiger partial charge in [0.1, 0.15) is 6.10 Å². The van der Waals surface area contributed by atoms with Crippen LogP contribution >= 0.6 is 0 Å². The van der Waals surface area contributed by atoms with Crippen molar-refractivity contribution in [3.63, 3.8) is 0 Å². The van der Waals surface area contributed by atoms with Crippen LogP contribution in [0.1, 0.15) is 64.7 Å². The number of allylic oxidation sites excluding steroid dienone is 2. The molecule has 0 radical (unpaired) electrons. The smallest absolute Gasteiger partial charge is 0.303 e. The van der Waals surface area contributed by atoms with Crippen molar-refractivity contribution in [2.75, 3.05) is 0 Å². The standard InChI is InChI=1S/C20H32O5/c1-2-3-4-7-14(21)10-11-16-17-12-15(8-5-6-9-20(23)24)25-19(17)13-18(16)22/h8,10-11,14,16-19,21-22H,2-7,9,12-13H2,1H3,(H,23,24)/b11-10+,15-8+/t14-,16-,17+,18+,19+/m0/s1. The average Bonchev–Trinajstić information content (AvgIpc) is 3.06. The van der Waals surface area contributed by atoms with Crippen LogP contribution in [-0.4, -0.2) is 39.6 Å². The Kier molecular flexibility index (Phi) is 7.97. The van der Waals surface area contributed by atoms with Crippen molar-refractivity contribution in [1.82, 2.24) is 0 Å². The molecule has 0 aromatic heterocycles. The predicted molar refractivity (Wildman–Crippen MR) is 96.0 cm³/mol. The number of ether oxygens (including phenoxy) is 1. The molecule has 0 aromatic carbocycles. The van der Waals surface area contributed by atoms with Gasteiger partial charge in [-0.15, -0.1) is 0 Å². The van der Waals surface area contributed by atoms with Gasteiger partial charge in [0.15, 0.2) is 0 Å². The molecule has 0 bridgehead atoms. The lowest BCUT2D eigenvalue weighted by Gasteiger charge is -2.16. The molecular formula is C20H32O5. The Balaban J connectivity index is 1.83. The molecule has 0 unspecified atom stereocenters. The summed E-state index contributed by atoms with van der Waals surface area (Å²) < 4.78 is 5.94. The molecule has 0 amide bonds. The summed E-state index contributed by atoms with van der Waals surface area (Å²) >= 11 is 0. The van der Waals surface area contributed by atoms with E-state index in [1.54, 1.807) is 0 Å². The van der Waals surface area contributed by atoms with Crippen molar-refractivity contribution in [3.05, 3.63) is 24.0 Å². The van der Waals surface area contributed by atoms with Gasteiger partial charge >= 0.3 is 5.97 Å². The van der Waals surface area contributed by atoms with E-state index < -0.39 is 18.2 Å². The number of aliphatic hydroxyl groups excluding tert-OH is 2. The van der Waals surface area contributed by atoms with Gasteiger partial charge < -0.3 is 20.1 Å². The van der Waals surface area contributed by atoms with Crippen LogP contribution in [0.4, 0.5) is 0 Å². The maximum atomic E-state index is 10.5. The zero-order valence-electron chi connectivity index (χ0n) is 15.1. The molecule has 2 rings (SSSR count). The van der Waals surface area contributed by atoms with Gasteiger partial charge in [0.2, 0.25) is 0 Å². The van der Waals surface area contributed by atoms with Crippen LogP contribution in [0.2, 0.25) is 0 Å². The maximum absolute atomic E-state index is 10.5. The van der Waals surface area contributed by atoms with Gasteiger partial charge in [-0.2, -0.15) is 0 Å². The number of rotatable bonds is 10. The predicted octanol–water partition coefficient (Wildman–Crippen LogP) is 3.41. The molecule has 142 valence electrons. The lowest BCUT2D eigenvalue weighted by atomic mass is 9.90. The third kappa shape index (κ3) is 6.15. The van der Waals surface area contributed by atoms with E-state index in [0.29, 0.717) is 19.3 Å². The summed E-state index contributed by atoms with van der Waals surface area (Å²) in [5, 5.41) is 29.0. The highest BCUT2D eigenvalue weighted by Crippen LogP contribution is 2.45. The molecule has 25 heavy (non-hydrogen) atoms. The van der Waals surface area contributed by atoms with Crippen molar-refractivity contribution < 1.29 is 24.9 Å². The fourth-order valence-corrected chi connectivity index (χ4v) is 3.86. The lowest BCUT2D eigenvalue weighted by molar-refractivity contribution is -0.137. The fourth-order valence-electron chi connectivity index (χ4n) is 3.86. The number of aliphatic carboxylic acids is 1. The summed E-state index contributed by atoms with van der Waals surface area (Å²) in [5.41, 5.74) is 0. The molecule has 1 saturated heterocycles. The van der Waals surface area contributed by atoms with E-state index in [4.69, 9.17) is 9.84 Å². The fraction of sp³-hybridized carbons (Fsp3) is 0.750. The molecule has 1 aliphatic carbocycles. The largest absolute Gasteiger partial charge is 0.495 e. The third-order valence-electron chi connectivity index (χ3n) is 5.26. The quantitative estimate of drug-likeness (QED) is 0.414. The summed E-state index contributed by atoms with van der Waals surface area (Å²) in [6, 6.07) is 0. The zero-order valence-corrected chi connectivity index (χ0v) is 15.1. The van der Waals surface area contributed by atoms with Gasteiger partial charge in [0.25, 0.3) is 0 Å². The average molecular weight is 352 g/mol. The van der Waals surface area contributed by atoms with E-state index in [-0.39, 0.29) is 24.4 Å². The van der Waals surface area contributed by atoms with Crippen LogP contribution in [-0.2, 0) is 9.53 Å². The Morgan fingerprint density at radius 1 is 1.36 bits per heavy atom. The Bertz CT molecular complexity index is 484. The second kappa shape index (κ2) is 9.97. The number of hydrogen-bond acceptors (Lipinski definition) is 4. The van der Waals surface area contributed by atoms with Crippen molar-refractivity contribution in [2.24, 2.45) is 11.8 Å². The van der Waals surface area contributed by atoms with E-state index in [9.17, 15) is 15.0 Å². The van der Waals surface area contributed by atoms with E-state index in [0.717, 1.165) is 37.9 Å². The minimum atomic E-state index is -0.770. The van der Waals surface area contributed by atoms with Crippen molar-refractivity contribution >= 4 is 5.97 Å². The van der Waals surface area contributed by atoms with Crippen LogP contribution in [0.25, 0.3) is 0 Å². The summed E-state index contributed by atoms with van der Waals surface area (Å²) in [5.74, 6) is 0.429. The highest BCUT2D eigenvalue weighted by Gasteiger charge is 2.46. The van der Waals surface area contributed by atoms with Crippen LogP contribution in [0.15, 0.2) is 24.0 Å². The number of carboxylic acids is 1. The molecule has 5 heteroatoms. The van der Waals surface area contributed by atoms with Crippen LogP contribution in [0.5, 0.6) is 0 Å². The Hall–Kier alpha value is -1.33. The molecule has 0 spiro atoms. The maximum Gasteiger partial charge on any atom is 0.303 e. The first kappa shape index (κ1) is 20.0. The Labute approximate surface area is 150 Å². The highest BCUT2D eigenvalue weighted by atomic mass is 16.5. The highest BCUT2D eigenvalue weighted by molar-refractivity contribution is 5.66. The second-order valence-corrected chi connectivity index (χ2v) is 7.31. The SMILES string of the molecule is CCCCC[C@H](O)/C=C/[C@H]1[C@H]2C/C(=C\CCCC(=O)O)O[C@@H]2C[C@H]1O. The number of unbranched alkanes of at least 4 members (excludes halogenated alkanes) is 3. The summed E-state index contributed by atoms with van der Waals surface area (Å²) in [6.07, 6.45) is 12.0. The van der Waals surface area contributed by atoms with Gasteiger partial charge in [-0.3, -0.25) is 4.79 Å². The van der Waals surface area contributed by atoms with E-state index >= 15 is 0 Å². The number of hydrogen-bond donors (Lipinski definition) is 3. The van der Waals surface area contributed by atoms with Gasteiger partial charge in [0, 0.05) is 31.1 Å². The normalized spacial score (nSPS) is 31.4. The van der Waals surface area contributed by atoms with E-state index in [2.05, 4.69) is 6.92 Å². The first-order valence-electron chi connectivity index (χ1n) is 9.63. The molecule has 0 aromatic rings. The molecule has 1 aliphatic heterocycles. The molecule has 5 atom stereocenters. The number of aliphatic hydroxyl groups is 2. The Morgan fingerprint density at radius 2 is 2.16 bits per heavy atom. The first-order chi connectivity index (χ1) is 12.0. The summed E-state index contributed by atoms with van der Waals surface area (Å²) in [4.78, 5) is 10.5. The monoisotopic (exact) mass is 352 g/mol. The molecule has 2 aliphatic rings. The van der Waals surface area contributed by atoms with E-state index in [1.807, 2.05) is 18.2 Å². The van der Waals surface area contributed by atoms with Crippen molar-refractivity contribution in [3.8, 4) is 0 Å². The third-order valence-corrected chi connectivity index (χ3v) is 5.26. The molecule has 3 N–H and O–H groups in total. The van der Waals surface area contributed by atoms with E-state index in [1.165, 1.54) is 0 Å². The van der Waals surface area contributed by atoms with Crippen LogP contribution in [0, 0.1) is 11.8 Å². The van der Waals surface area contributed by atoms with Crippen molar-refractivity contribution in [1.29, 1.82) is 0 Å². The second-order valence-electron chi connectivity index (χ2n) is 7.31. The van der Waals surface area contributed by atoms with Crippen LogP contribution in [0.3, 0.4) is 0 Å².